The van der Waals surface area contributed by atoms with E-state index in [0.717, 1.165) is 0 Å². The van der Waals surface area contributed by atoms with Gasteiger partial charge >= 0.3 is 6.16 Å². The number of aliphatic imine (C=N–C) groups is 2. The first-order valence-electron chi connectivity index (χ1n) is 4.68. The van der Waals surface area contributed by atoms with Crippen LogP contribution in [0.3, 0.4) is 0 Å². The topological polar surface area (TPSA) is 94.4 Å². The van der Waals surface area contributed by atoms with Crippen LogP contribution in [0.15, 0.2) is 9.98 Å². The zero-order chi connectivity index (χ0) is 12.1. The van der Waals surface area contributed by atoms with Crippen LogP contribution < -0.4 is 0 Å². The third kappa shape index (κ3) is 10.1. The van der Waals surface area contributed by atoms with Crippen molar-refractivity contribution < 1.29 is 23.9 Å². The summed E-state index contributed by atoms with van der Waals surface area (Å²) in [5.41, 5.74) is 0. The van der Waals surface area contributed by atoms with Crippen LogP contribution in [0, 0.1) is 0 Å². The molecule has 0 aromatic heterocycles. The lowest BCUT2D eigenvalue weighted by Gasteiger charge is -2.03. The normalized spacial score (nSPS) is 8.50. The molecule has 0 bridgehead atoms. The third-order valence-electron chi connectivity index (χ3n) is 1.40. The fourth-order valence-corrected chi connectivity index (χ4v) is 0.731. The summed E-state index contributed by atoms with van der Waals surface area (Å²) >= 11 is 0. The predicted octanol–water partition coefficient (Wildman–Crippen LogP) is 0.591. The zero-order valence-corrected chi connectivity index (χ0v) is 8.68. The second-order valence-corrected chi connectivity index (χ2v) is 2.60. The Labute approximate surface area is 92.2 Å². The molecule has 0 atom stereocenters. The second kappa shape index (κ2) is 11.1. The minimum absolute atomic E-state index is 0.135. The molecule has 0 fully saturated rings. The van der Waals surface area contributed by atoms with E-state index in [1.54, 1.807) is 0 Å². The highest BCUT2D eigenvalue weighted by Gasteiger charge is 2.02. The summed E-state index contributed by atoms with van der Waals surface area (Å²) in [6, 6.07) is 0. The highest BCUT2D eigenvalue weighted by molar-refractivity contribution is 5.59. The van der Waals surface area contributed by atoms with Crippen molar-refractivity contribution in [1.29, 1.82) is 0 Å². The minimum atomic E-state index is -0.787. The van der Waals surface area contributed by atoms with Crippen LogP contribution in [0.4, 0.5) is 4.79 Å². The van der Waals surface area contributed by atoms with Crippen molar-refractivity contribution in [3.63, 3.8) is 0 Å². The first kappa shape index (κ1) is 14.0. The van der Waals surface area contributed by atoms with Crippen molar-refractivity contribution in [2.75, 3.05) is 26.3 Å². The number of carbonyl (C=O) groups excluding carboxylic acids is 3. The van der Waals surface area contributed by atoms with E-state index < -0.39 is 6.16 Å². The van der Waals surface area contributed by atoms with Gasteiger partial charge in [-0.1, -0.05) is 0 Å². The molecule has 0 heterocycles. The van der Waals surface area contributed by atoms with Gasteiger partial charge in [-0.3, -0.25) is 0 Å². The van der Waals surface area contributed by atoms with Crippen LogP contribution in [0.5, 0.6) is 0 Å². The van der Waals surface area contributed by atoms with Crippen molar-refractivity contribution in [1.82, 2.24) is 0 Å². The SMILES string of the molecule is O=C=NCCCOC(=O)OCCCN=C=O. The van der Waals surface area contributed by atoms with Crippen molar-refractivity contribution in [2.24, 2.45) is 9.98 Å². The van der Waals surface area contributed by atoms with Crippen molar-refractivity contribution >= 4 is 18.3 Å². The van der Waals surface area contributed by atoms with Gasteiger partial charge in [0, 0.05) is 12.8 Å². The molecule has 0 rings (SSSR count). The Morgan fingerprint density at radius 2 is 1.38 bits per heavy atom. The lowest BCUT2D eigenvalue weighted by molar-refractivity contribution is 0.0547. The molecule has 0 aromatic rings. The van der Waals surface area contributed by atoms with Gasteiger partial charge in [-0.25, -0.2) is 24.4 Å². The monoisotopic (exact) mass is 228 g/mol. The van der Waals surface area contributed by atoms with E-state index in [1.165, 1.54) is 12.2 Å². The molecule has 7 heteroatoms. The molecule has 0 saturated carbocycles. The Balaban J connectivity index is 3.30. The molecule has 0 unspecified atom stereocenters. The summed E-state index contributed by atoms with van der Waals surface area (Å²) in [6.45, 7) is 0.808. The number of hydrogen-bond acceptors (Lipinski definition) is 7. The summed E-state index contributed by atoms with van der Waals surface area (Å²) in [5, 5.41) is 0. The third-order valence-corrected chi connectivity index (χ3v) is 1.40. The molecule has 0 aliphatic rings. The summed E-state index contributed by atoms with van der Waals surface area (Å²) in [5.74, 6) is 0. The average molecular weight is 228 g/mol. The number of hydrogen-bond donors (Lipinski definition) is 0. The maximum absolute atomic E-state index is 10.8. The van der Waals surface area contributed by atoms with Crippen molar-refractivity contribution in [2.45, 2.75) is 12.8 Å². The quantitative estimate of drug-likeness (QED) is 0.262. The van der Waals surface area contributed by atoms with E-state index in [1.807, 2.05) is 0 Å². The Morgan fingerprint density at radius 1 is 0.938 bits per heavy atom. The number of nitrogens with zero attached hydrogens (tertiary/aromatic N) is 2. The molecule has 7 nitrogen and oxygen atoms in total. The van der Waals surface area contributed by atoms with E-state index in [2.05, 4.69) is 19.5 Å². The molecule has 0 radical (unpaired) electrons. The Morgan fingerprint density at radius 3 is 1.75 bits per heavy atom. The molecule has 0 N–H and O–H groups in total. The van der Waals surface area contributed by atoms with E-state index in [4.69, 9.17) is 0 Å². The van der Waals surface area contributed by atoms with Gasteiger partial charge in [0.05, 0.1) is 26.3 Å². The van der Waals surface area contributed by atoms with Crippen LogP contribution in [-0.2, 0) is 19.1 Å². The standard InChI is InChI=1S/C9H12N2O5/c12-7-10-3-1-5-15-9(14)16-6-2-4-11-8-13/h1-6H2. The molecule has 16 heavy (non-hydrogen) atoms. The predicted molar refractivity (Wildman–Crippen MR) is 52.5 cm³/mol. The Bertz CT molecular complexity index is 264. The first-order valence-corrected chi connectivity index (χ1v) is 4.68. The summed E-state index contributed by atoms with van der Waals surface area (Å²) in [7, 11) is 0. The van der Waals surface area contributed by atoms with Gasteiger partial charge in [-0.2, -0.15) is 0 Å². The molecule has 0 amide bonds. The zero-order valence-electron chi connectivity index (χ0n) is 8.68. The van der Waals surface area contributed by atoms with Crippen LogP contribution in [0.25, 0.3) is 0 Å². The fourth-order valence-electron chi connectivity index (χ4n) is 0.731. The molecule has 88 valence electrons. The van der Waals surface area contributed by atoms with Gasteiger partial charge in [0.2, 0.25) is 12.2 Å². The molecule has 0 spiro atoms. The van der Waals surface area contributed by atoms with E-state index in [9.17, 15) is 14.4 Å². The van der Waals surface area contributed by atoms with Gasteiger partial charge < -0.3 is 9.47 Å². The number of rotatable bonds is 8. The van der Waals surface area contributed by atoms with Gasteiger partial charge in [-0.05, 0) is 0 Å². The van der Waals surface area contributed by atoms with Crippen LogP contribution >= 0.6 is 0 Å². The highest BCUT2D eigenvalue weighted by Crippen LogP contribution is 1.91. The minimum Gasteiger partial charge on any atom is -0.434 e. The molecule has 0 aliphatic heterocycles. The summed E-state index contributed by atoms with van der Waals surface area (Å²) < 4.78 is 9.27. The van der Waals surface area contributed by atoms with Crippen molar-refractivity contribution in [3.8, 4) is 0 Å². The van der Waals surface area contributed by atoms with Gasteiger partial charge in [0.1, 0.15) is 0 Å². The van der Waals surface area contributed by atoms with Crippen LogP contribution in [-0.4, -0.2) is 44.6 Å². The van der Waals surface area contributed by atoms with Gasteiger partial charge in [-0.15, -0.1) is 0 Å². The summed E-state index contributed by atoms with van der Waals surface area (Å²) in [4.78, 5) is 36.7. The lowest BCUT2D eigenvalue weighted by atomic mass is 10.5. The number of isocyanates is 2. The molecule has 0 aliphatic carbocycles. The Kier molecular flexibility index (Phi) is 9.74. The maximum Gasteiger partial charge on any atom is 0.508 e. The molecular weight excluding hydrogens is 216 g/mol. The van der Waals surface area contributed by atoms with Crippen LogP contribution in [0.1, 0.15) is 12.8 Å². The average Bonchev–Trinajstić information content (AvgIpc) is 2.28. The van der Waals surface area contributed by atoms with E-state index in [-0.39, 0.29) is 26.3 Å². The summed E-state index contributed by atoms with van der Waals surface area (Å²) in [6.07, 6.45) is 2.84. The van der Waals surface area contributed by atoms with Crippen LogP contribution in [0.2, 0.25) is 0 Å². The Hall–Kier alpha value is -1.97. The maximum atomic E-state index is 10.8. The molecule has 0 saturated heterocycles. The second-order valence-electron chi connectivity index (χ2n) is 2.60. The van der Waals surface area contributed by atoms with Crippen molar-refractivity contribution in [3.05, 3.63) is 0 Å². The molecular formula is C9H12N2O5. The molecule has 0 aromatic carbocycles. The van der Waals surface area contributed by atoms with Gasteiger partial charge in [0.15, 0.2) is 0 Å². The van der Waals surface area contributed by atoms with E-state index in [0.29, 0.717) is 12.8 Å². The van der Waals surface area contributed by atoms with Gasteiger partial charge in [0.25, 0.3) is 0 Å². The number of carbonyl (C=O) groups is 1. The fraction of sp³-hybridized carbons (Fsp3) is 0.667. The number of ether oxygens (including phenoxy) is 2. The highest BCUT2D eigenvalue weighted by atomic mass is 16.7. The first-order chi connectivity index (χ1) is 7.81. The van der Waals surface area contributed by atoms with E-state index >= 15 is 0 Å². The lowest BCUT2D eigenvalue weighted by Crippen LogP contribution is -2.10. The largest absolute Gasteiger partial charge is 0.508 e. The smallest absolute Gasteiger partial charge is 0.434 e.